The molecule has 0 bridgehead atoms. The van der Waals surface area contributed by atoms with Gasteiger partial charge in [-0.05, 0) is 68.7 Å². The van der Waals surface area contributed by atoms with E-state index in [-0.39, 0.29) is 0 Å². The van der Waals surface area contributed by atoms with Crippen molar-refractivity contribution in [1.29, 1.82) is 0 Å². The molecule has 3 aromatic rings. The smallest absolute Gasteiger partial charge is 0.191 e. The Balaban J connectivity index is 1.63. The lowest BCUT2D eigenvalue weighted by atomic mass is 10.1. The van der Waals surface area contributed by atoms with Gasteiger partial charge in [0.2, 0.25) is 0 Å². The first-order valence-corrected chi connectivity index (χ1v) is 9.72. The normalized spacial score (nSPS) is 11.0. The number of anilines is 1. The monoisotopic (exact) mass is 390 g/mol. The first-order chi connectivity index (χ1) is 13.4. The minimum absolute atomic E-state index is 0.475. The SMILES string of the molecule is Cc1cccc(Cn2cccc2C=NNC(=S)Nc2c(C)cc(C)cc2C)c1. The van der Waals surface area contributed by atoms with E-state index in [2.05, 4.69) is 90.7 Å². The molecule has 0 aliphatic rings. The van der Waals surface area contributed by atoms with Gasteiger partial charge in [-0.1, -0.05) is 47.5 Å². The molecule has 0 aliphatic carbocycles. The number of nitrogens with zero attached hydrogens (tertiary/aromatic N) is 2. The summed E-state index contributed by atoms with van der Waals surface area (Å²) in [5, 5.41) is 8.03. The van der Waals surface area contributed by atoms with Gasteiger partial charge in [-0.25, -0.2) is 0 Å². The van der Waals surface area contributed by atoms with Gasteiger partial charge in [0, 0.05) is 18.4 Å². The summed E-state index contributed by atoms with van der Waals surface area (Å²) >= 11 is 5.39. The standard InChI is InChI=1S/C23H26N4S/c1-16-7-5-8-20(13-16)15-27-10-6-9-21(27)14-24-26-23(28)25-22-18(3)11-17(2)12-19(22)4/h5-14H,15H2,1-4H3,(H2,25,26,28). The van der Waals surface area contributed by atoms with Crippen LogP contribution >= 0.6 is 12.2 Å². The molecule has 0 saturated heterocycles. The molecule has 1 heterocycles. The van der Waals surface area contributed by atoms with Crippen molar-refractivity contribution in [3.63, 3.8) is 0 Å². The van der Waals surface area contributed by atoms with Crippen molar-refractivity contribution in [2.45, 2.75) is 34.2 Å². The predicted molar refractivity (Wildman–Crippen MR) is 122 cm³/mol. The van der Waals surface area contributed by atoms with E-state index >= 15 is 0 Å². The van der Waals surface area contributed by atoms with Crippen LogP contribution in [-0.2, 0) is 6.54 Å². The van der Waals surface area contributed by atoms with Crippen LogP contribution in [0.1, 0.15) is 33.5 Å². The molecule has 28 heavy (non-hydrogen) atoms. The van der Waals surface area contributed by atoms with Crippen molar-refractivity contribution in [3.8, 4) is 0 Å². The van der Waals surface area contributed by atoms with Gasteiger partial charge in [0.1, 0.15) is 0 Å². The summed E-state index contributed by atoms with van der Waals surface area (Å²) in [6.07, 6.45) is 3.85. The second kappa shape index (κ2) is 8.85. The Hall–Kier alpha value is -2.92. The van der Waals surface area contributed by atoms with Gasteiger partial charge in [-0.3, -0.25) is 5.43 Å². The third-order valence-corrected chi connectivity index (χ3v) is 4.77. The number of thiocarbonyl (C=S) groups is 1. The maximum atomic E-state index is 5.39. The third-order valence-electron chi connectivity index (χ3n) is 4.58. The highest BCUT2D eigenvalue weighted by molar-refractivity contribution is 7.80. The van der Waals surface area contributed by atoms with Crippen molar-refractivity contribution in [2.75, 3.05) is 5.32 Å². The molecule has 0 spiro atoms. The third kappa shape index (κ3) is 5.08. The maximum absolute atomic E-state index is 5.39. The molecule has 0 fully saturated rings. The molecule has 0 unspecified atom stereocenters. The van der Waals surface area contributed by atoms with Gasteiger partial charge in [-0.15, -0.1) is 0 Å². The van der Waals surface area contributed by atoms with E-state index in [9.17, 15) is 0 Å². The highest BCUT2D eigenvalue weighted by Gasteiger charge is 2.05. The lowest BCUT2D eigenvalue weighted by molar-refractivity contribution is 0.798. The van der Waals surface area contributed by atoms with Crippen molar-refractivity contribution in [1.82, 2.24) is 9.99 Å². The van der Waals surface area contributed by atoms with Crippen LogP contribution in [0, 0.1) is 27.7 Å². The zero-order valence-corrected chi connectivity index (χ0v) is 17.6. The van der Waals surface area contributed by atoms with E-state index in [0.29, 0.717) is 5.11 Å². The molecule has 2 aromatic carbocycles. The average molecular weight is 391 g/mol. The summed E-state index contributed by atoms with van der Waals surface area (Å²) in [5.41, 5.74) is 11.1. The molecule has 0 amide bonds. The lowest BCUT2D eigenvalue weighted by Gasteiger charge is -2.14. The maximum Gasteiger partial charge on any atom is 0.191 e. The van der Waals surface area contributed by atoms with Crippen molar-refractivity contribution in [3.05, 3.63) is 88.2 Å². The van der Waals surface area contributed by atoms with Crippen LogP contribution in [0.15, 0.2) is 59.8 Å². The van der Waals surface area contributed by atoms with Crippen molar-refractivity contribution < 1.29 is 0 Å². The minimum atomic E-state index is 0.475. The van der Waals surface area contributed by atoms with E-state index < -0.39 is 0 Å². The summed E-state index contributed by atoms with van der Waals surface area (Å²) in [6, 6.07) is 16.9. The predicted octanol–water partition coefficient (Wildman–Crippen LogP) is 5.09. The number of hydrazone groups is 1. The van der Waals surface area contributed by atoms with E-state index in [4.69, 9.17) is 12.2 Å². The first-order valence-electron chi connectivity index (χ1n) is 9.31. The minimum Gasteiger partial charge on any atom is -0.342 e. The Kier molecular flexibility index (Phi) is 6.26. The molecule has 5 heteroatoms. The van der Waals surface area contributed by atoms with Crippen molar-refractivity contribution in [2.24, 2.45) is 5.10 Å². The zero-order chi connectivity index (χ0) is 20.1. The van der Waals surface area contributed by atoms with Gasteiger partial charge in [-0.2, -0.15) is 5.10 Å². The van der Waals surface area contributed by atoms with Gasteiger partial charge in [0.25, 0.3) is 0 Å². The molecule has 0 saturated carbocycles. The molecule has 4 nitrogen and oxygen atoms in total. The lowest BCUT2D eigenvalue weighted by Crippen LogP contribution is -2.25. The van der Waals surface area contributed by atoms with Crippen LogP contribution in [0.3, 0.4) is 0 Å². The van der Waals surface area contributed by atoms with Crippen molar-refractivity contribution >= 4 is 29.2 Å². The molecule has 2 N–H and O–H groups in total. The van der Waals surface area contributed by atoms with Gasteiger partial charge >= 0.3 is 0 Å². The van der Waals surface area contributed by atoms with Gasteiger partial charge in [0.05, 0.1) is 11.9 Å². The van der Waals surface area contributed by atoms with Crippen LogP contribution in [-0.4, -0.2) is 15.9 Å². The Bertz CT molecular complexity index is 994. The second-order valence-electron chi connectivity index (χ2n) is 7.15. The molecule has 0 radical (unpaired) electrons. The molecule has 3 rings (SSSR count). The van der Waals surface area contributed by atoms with Crippen LogP contribution < -0.4 is 10.7 Å². The Morgan fingerprint density at radius 3 is 2.46 bits per heavy atom. The molecule has 144 valence electrons. The van der Waals surface area contributed by atoms with E-state index in [1.807, 2.05) is 12.1 Å². The number of benzene rings is 2. The number of aryl methyl sites for hydroxylation is 4. The topological polar surface area (TPSA) is 41.4 Å². The van der Waals surface area contributed by atoms with Crippen LogP contribution in [0.25, 0.3) is 0 Å². The highest BCUT2D eigenvalue weighted by atomic mass is 32.1. The van der Waals surface area contributed by atoms with Gasteiger partial charge < -0.3 is 9.88 Å². The molecular weight excluding hydrogens is 364 g/mol. The number of nitrogens with one attached hydrogen (secondary N) is 2. The van der Waals surface area contributed by atoms with E-state index in [1.54, 1.807) is 6.21 Å². The van der Waals surface area contributed by atoms with E-state index in [1.165, 1.54) is 16.7 Å². The fourth-order valence-corrected chi connectivity index (χ4v) is 3.53. The summed E-state index contributed by atoms with van der Waals surface area (Å²) < 4.78 is 2.16. The molecule has 1 aromatic heterocycles. The Morgan fingerprint density at radius 2 is 1.75 bits per heavy atom. The second-order valence-corrected chi connectivity index (χ2v) is 7.56. The van der Waals surface area contributed by atoms with Crippen LogP contribution in [0.5, 0.6) is 0 Å². The largest absolute Gasteiger partial charge is 0.342 e. The number of rotatable bonds is 5. The first kappa shape index (κ1) is 19.8. The number of hydrogen-bond donors (Lipinski definition) is 2. The summed E-state index contributed by atoms with van der Waals surface area (Å²) in [6.45, 7) is 9.16. The fraction of sp³-hybridized carbons (Fsp3) is 0.217. The quantitative estimate of drug-likeness (QED) is 0.362. The average Bonchev–Trinajstić information content (AvgIpc) is 3.05. The summed E-state index contributed by atoms with van der Waals surface area (Å²) in [5.74, 6) is 0. The number of hydrogen-bond acceptors (Lipinski definition) is 2. The summed E-state index contributed by atoms with van der Waals surface area (Å²) in [7, 11) is 0. The number of aromatic nitrogens is 1. The molecule has 0 atom stereocenters. The molecular formula is C23H26N4S. The van der Waals surface area contributed by atoms with Crippen LogP contribution in [0.4, 0.5) is 5.69 Å². The van der Waals surface area contributed by atoms with Gasteiger partial charge in [0.15, 0.2) is 5.11 Å². The fourth-order valence-electron chi connectivity index (χ4n) is 3.37. The highest BCUT2D eigenvalue weighted by Crippen LogP contribution is 2.21. The Morgan fingerprint density at radius 1 is 1.00 bits per heavy atom. The van der Waals surface area contributed by atoms with E-state index in [0.717, 1.165) is 29.1 Å². The zero-order valence-electron chi connectivity index (χ0n) is 16.8. The molecule has 0 aliphatic heterocycles. The summed E-state index contributed by atoms with van der Waals surface area (Å²) in [4.78, 5) is 0. The van der Waals surface area contributed by atoms with Crippen LogP contribution in [0.2, 0.25) is 0 Å². The Labute approximate surface area is 172 Å².